The van der Waals surface area contributed by atoms with Crippen LogP contribution in [0.2, 0.25) is 0 Å². The fraction of sp³-hybridized carbons (Fsp3) is 0.444. The van der Waals surface area contributed by atoms with E-state index in [2.05, 4.69) is 30.3 Å². The maximum atomic E-state index is 12.9. The molecule has 0 aliphatic rings. The van der Waals surface area contributed by atoms with Crippen LogP contribution < -0.4 is 15.4 Å². The number of hydrogen-bond acceptors (Lipinski definition) is 8. The van der Waals surface area contributed by atoms with Crippen LogP contribution in [0.5, 0.6) is 6.01 Å². The highest BCUT2D eigenvalue weighted by molar-refractivity contribution is 5.70. The standard InChI is InChI=1S/C18H19F6N5O3/c1-2-8-31-13(30)6-7-25-14-27-15(29-16(28-14)32-10-17(19,20)21)26-12-5-3-4-11(9-12)18(22,23)24/h3-5,9H,2,6-8,10H2,1H3,(H2,25,26,27,28,29). The average Bonchev–Trinajstić information content (AvgIpc) is 2.70. The molecule has 0 atom stereocenters. The van der Waals surface area contributed by atoms with Gasteiger partial charge in [0.05, 0.1) is 18.6 Å². The summed E-state index contributed by atoms with van der Waals surface area (Å²) >= 11 is 0. The highest BCUT2D eigenvalue weighted by Gasteiger charge is 2.31. The molecule has 0 radical (unpaired) electrons. The van der Waals surface area contributed by atoms with E-state index in [4.69, 9.17) is 4.74 Å². The summed E-state index contributed by atoms with van der Waals surface area (Å²) in [5.41, 5.74) is -1.02. The molecule has 0 saturated carbocycles. The Hall–Kier alpha value is -3.32. The highest BCUT2D eigenvalue weighted by atomic mass is 19.4. The Bertz CT molecular complexity index is 907. The zero-order valence-corrected chi connectivity index (χ0v) is 16.7. The van der Waals surface area contributed by atoms with E-state index in [9.17, 15) is 31.1 Å². The molecule has 2 N–H and O–H groups in total. The number of benzene rings is 1. The molecule has 1 aromatic carbocycles. The van der Waals surface area contributed by atoms with Crippen LogP contribution in [0.25, 0.3) is 0 Å². The summed E-state index contributed by atoms with van der Waals surface area (Å²) in [5, 5.41) is 5.07. The second-order valence-electron chi connectivity index (χ2n) is 6.27. The quantitative estimate of drug-likeness (QED) is 0.394. The maximum Gasteiger partial charge on any atom is 0.422 e. The number of esters is 1. The molecular weight excluding hydrogens is 448 g/mol. The second kappa shape index (κ2) is 10.8. The highest BCUT2D eigenvalue weighted by Crippen LogP contribution is 2.31. The van der Waals surface area contributed by atoms with Gasteiger partial charge in [-0.2, -0.15) is 41.3 Å². The van der Waals surface area contributed by atoms with E-state index in [-0.39, 0.29) is 37.2 Å². The van der Waals surface area contributed by atoms with E-state index >= 15 is 0 Å². The van der Waals surface area contributed by atoms with E-state index in [1.54, 1.807) is 0 Å². The third-order valence-corrected chi connectivity index (χ3v) is 3.51. The predicted molar refractivity (Wildman–Crippen MR) is 100 cm³/mol. The molecule has 176 valence electrons. The Balaban J connectivity index is 2.17. The predicted octanol–water partition coefficient (Wildman–Crippen LogP) is 4.33. The van der Waals surface area contributed by atoms with Crippen molar-refractivity contribution in [3.8, 4) is 6.01 Å². The van der Waals surface area contributed by atoms with E-state index in [0.717, 1.165) is 18.2 Å². The average molecular weight is 467 g/mol. The molecule has 0 aliphatic carbocycles. The molecule has 0 fully saturated rings. The minimum absolute atomic E-state index is 0.0196. The van der Waals surface area contributed by atoms with Gasteiger partial charge in [-0.05, 0) is 24.6 Å². The summed E-state index contributed by atoms with van der Waals surface area (Å²) in [5.74, 6) is -1.13. The van der Waals surface area contributed by atoms with Crippen molar-refractivity contribution in [2.75, 3.05) is 30.4 Å². The van der Waals surface area contributed by atoms with Crippen LogP contribution in [0.3, 0.4) is 0 Å². The number of ether oxygens (including phenoxy) is 2. The number of nitrogens with one attached hydrogen (secondary N) is 2. The molecule has 2 aromatic rings. The number of hydrogen-bond donors (Lipinski definition) is 2. The van der Waals surface area contributed by atoms with Crippen LogP contribution in [-0.4, -0.2) is 46.9 Å². The first-order valence-electron chi connectivity index (χ1n) is 9.25. The van der Waals surface area contributed by atoms with Crippen molar-refractivity contribution in [3.05, 3.63) is 29.8 Å². The molecule has 8 nitrogen and oxygen atoms in total. The molecule has 0 saturated heterocycles. The summed E-state index contributed by atoms with van der Waals surface area (Å²) in [6.45, 7) is 0.347. The molecule has 14 heteroatoms. The maximum absolute atomic E-state index is 12.9. The van der Waals surface area contributed by atoms with Gasteiger partial charge in [0, 0.05) is 12.2 Å². The van der Waals surface area contributed by atoms with E-state index < -0.39 is 36.5 Å². The molecule has 0 spiro atoms. The van der Waals surface area contributed by atoms with Crippen molar-refractivity contribution in [1.29, 1.82) is 0 Å². The van der Waals surface area contributed by atoms with Gasteiger partial charge in [-0.25, -0.2) is 0 Å². The number of carbonyl (C=O) groups excluding carboxylic acids is 1. The topological polar surface area (TPSA) is 98.3 Å². The first kappa shape index (κ1) is 24.9. The van der Waals surface area contributed by atoms with E-state index in [1.807, 2.05) is 6.92 Å². The van der Waals surface area contributed by atoms with Crippen LogP contribution in [0, 0.1) is 0 Å². The molecular formula is C18H19F6N5O3. The molecule has 1 heterocycles. The van der Waals surface area contributed by atoms with E-state index in [0.29, 0.717) is 6.42 Å². The van der Waals surface area contributed by atoms with Crippen LogP contribution in [0.1, 0.15) is 25.3 Å². The largest absolute Gasteiger partial charge is 0.466 e. The second-order valence-corrected chi connectivity index (χ2v) is 6.27. The van der Waals surface area contributed by atoms with Crippen molar-refractivity contribution >= 4 is 23.6 Å². The SMILES string of the molecule is CCCOC(=O)CCNc1nc(Nc2cccc(C(F)(F)F)c2)nc(OCC(F)(F)F)n1. The van der Waals surface area contributed by atoms with Gasteiger partial charge < -0.3 is 20.1 Å². The molecule has 0 unspecified atom stereocenters. The Kier molecular flexibility index (Phi) is 8.43. The van der Waals surface area contributed by atoms with Crippen molar-refractivity contribution < 1.29 is 40.6 Å². The minimum atomic E-state index is -4.67. The lowest BCUT2D eigenvalue weighted by Crippen LogP contribution is -2.21. The first-order valence-corrected chi connectivity index (χ1v) is 9.25. The first-order chi connectivity index (χ1) is 15.0. The van der Waals surface area contributed by atoms with Gasteiger partial charge in [0.2, 0.25) is 11.9 Å². The monoisotopic (exact) mass is 467 g/mol. The van der Waals surface area contributed by atoms with Crippen molar-refractivity contribution in [1.82, 2.24) is 15.0 Å². The van der Waals surface area contributed by atoms with Crippen molar-refractivity contribution in [2.45, 2.75) is 32.1 Å². The van der Waals surface area contributed by atoms with Crippen LogP contribution in [0.15, 0.2) is 24.3 Å². The number of anilines is 3. The van der Waals surface area contributed by atoms with Crippen LogP contribution in [-0.2, 0) is 15.7 Å². The van der Waals surface area contributed by atoms with Gasteiger partial charge in [-0.3, -0.25) is 4.79 Å². The smallest absolute Gasteiger partial charge is 0.422 e. The third-order valence-electron chi connectivity index (χ3n) is 3.51. The van der Waals surface area contributed by atoms with Gasteiger partial charge in [0.1, 0.15) is 0 Å². The fourth-order valence-electron chi connectivity index (χ4n) is 2.17. The number of halogens is 6. The Morgan fingerprint density at radius 2 is 1.78 bits per heavy atom. The van der Waals surface area contributed by atoms with Crippen LogP contribution in [0.4, 0.5) is 43.9 Å². The number of nitrogens with zero attached hydrogens (tertiary/aromatic N) is 3. The number of alkyl halides is 6. The summed E-state index contributed by atoms with van der Waals surface area (Å²) in [6.07, 6.45) is -8.72. The molecule has 0 amide bonds. The zero-order valence-electron chi connectivity index (χ0n) is 16.7. The van der Waals surface area contributed by atoms with Crippen molar-refractivity contribution in [3.63, 3.8) is 0 Å². The fourth-order valence-corrected chi connectivity index (χ4v) is 2.17. The molecule has 32 heavy (non-hydrogen) atoms. The summed E-state index contributed by atoms with van der Waals surface area (Å²) in [4.78, 5) is 22.7. The lowest BCUT2D eigenvalue weighted by molar-refractivity contribution is -0.154. The van der Waals surface area contributed by atoms with Crippen LogP contribution >= 0.6 is 0 Å². The van der Waals surface area contributed by atoms with Crippen molar-refractivity contribution in [2.24, 2.45) is 0 Å². The summed E-state index contributed by atoms with van der Waals surface area (Å²) < 4.78 is 85.4. The Morgan fingerprint density at radius 1 is 1.06 bits per heavy atom. The van der Waals surface area contributed by atoms with Gasteiger partial charge >= 0.3 is 24.3 Å². The van der Waals surface area contributed by atoms with Gasteiger partial charge in [-0.1, -0.05) is 13.0 Å². The number of carbonyl (C=O) groups is 1. The number of rotatable bonds is 10. The minimum Gasteiger partial charge on any atom is -0.466 e. The third kappa shape index (κ3) is 8.81. The normalized spacial score (nSPS) is 11.7. The lowest BCUT2D eigenvalue weighted by atomic mass is 10.2. The molecule has 0 aliphatic heterocycles. The Morgan fingerprint density at radius 3 is 2.44 bits per heavy atom. The molecule has 2 rings (SSSR count). The zero-order chi connectivity index (χ0) is 23.8. The molecule has 1 aromatic heterocycles. The Labute approximate surface area is 178 Å². The van der Waals surface area contributed by atoms with Gasteiger partial charge in [-0.15, -0.1) is 0 Å². The van der Waals surface area contributed by atoms with E-state index in [1.165, 1.54) is 6.07 Å². The van der Waals surface area contributed by atoms with Gasteiger partial charge in [0.25, 0.3) is 0 Å². The van der Waals surface area contributed by atoms with Gasteiger partial charge in [0.15, 0.2) is 6.61 Å². The molecule has 0 bridgehead atoms. The summed E-state index contributed by atoms with van der Waals surface area (Å²) in [7, 11) is 0. The summed E-state index contributed by atoms with van der Waals surface area (Å²) in [6, 6.07) is 3.32. The number of aromatic nitrogens is 3. The lowest BCUT2D eigenvalue weighted by Gasteiger charge is -2.13.